The molecule has 34 heavy (non-hydrogen) atoms. The van der Waals surface area contributed by atoms with E-state index in [1.165, 1.54) is 16.8 Å². The maximum absolute atomic E-state index is 13.2. The Balaban J connectivity index is 1.34. The SMILES string of the molecule is COc1ccc(-n2nnnc2SCC(=O)N2N=C(c3ccc(Cl)cc3)CC2c2ccco2)cc1. The van der Waals surface area contributed by atoms with Crippen molar-refractivity contribution >= 4 is 35.0 Å². The standard InChI is InChI=1S/C23H19ClN6O3S/c1-32-18-10-8-17(9-11-18)29-23(25-27-28-29)34-14-22(31)30-20(21-3-2-12-33-21)13-19(26-30)15-4-6-16(24)7-5-15/h2-12,20H,13-14H2,1H3. The van der Waals surface area contributed by atoms with Gasteiger partial charge in [0, 0.05) is 11.4 Å². The summed E-state index contributed by atoms with van der Waals surface area (Å²) in [5.74, 6) is 1.33. The van der Waals surface area contributed by atoms with Gasteiger partial charge in [-0.3, -0.25) is 4.79 Å². The minimum absolute atomic E-state index is 0.102. The number of nitrogens with zero attached hydrogens (tertiary/aromatic N) is 6. The van der Waals surface area contributed by atoms with Gasteiger partial charge in [-0.15, -0.1) is 5.10 Å². The quantitative estimate of drug-likeness (QED) is 0.351. The third-order valence-electron chi connectivity index (χ3n) is 5.30. The number of amides is 1. The molecular formula is C23H19ClN6O3S. The number of hydrazone groups is 1. The maximum Gasteiger partial charge on any atom is 0.253 e. The second kappa shape index (κ2) is 9.70. The fourth-order valence-electron chi connectivity index (χ4n) is 3.61. The number of hydrogen-bond donors (Lipinski definition) is 0. The van der Waals surface area contributed by atoms with Gasteiger partial charge in [-0.25, -0.2) is 5.01 Å². The molecule has 2 aromatic carbocycles. The summed E-state index contributed by atoms with van der Waals surface area (Å²) in [5, 5.41) is 19.1. The number of ether oxygens (including phenoxy) is 1. The Morgan fingerprint density at radius 2 is 1.97 bits per heavy atom. The van der Waals surface area contributed by atoms with Crippen molar-refractivity contribution in [2.75, 3.05) is 12.9 Å². The lowest BCUT2D eigenvalue weighted by atomic mass is 10.0. The van der Waals surface area contributed by atoms with Crippen LogP contribution in [-0.4, -0.2) is 49.7 Å². The highest BCUT2D eigenvalue weighted by molar-refractivity contribution is 7.99. The van der Waals surface area contributed by atoms with Crippen molar-refractivity contribution in [3.05, 3.63) is 83.3 Å². The van der Waals surface area contributed by atoms with E-state index in [4.69, 9.17) is 20.8 Å². The fraction of sp³-hybridized carbons (Fsp3) is 0.174. The topological polar surface area (TPSA) is 98.6 Å². The molecule has 1 atom stereocenters. The van der Waals surface area contributed by atoms with Crippen LogP contribution in [0.15, 0.2) is 81.6 Å². The van der Waals surface area contributed by atoms with Crippen LogP contribution in [0.3, 0.4) is 0 Å². The van der Waals surface area contributed by atoms with Crippen molar-refractivity contribution in [2.45, 2.75) is 17.6 Å². The first-order chi connectivity index (χ1) is 16.6. The third-order valence-corrected chi connectivity index (χ3v) is 6.45. The van der Waals surface area contributed by atoms with E-state index >= 15 is 0 Å². The molecule has 0 saturated heterocycles. The Hall–Kier alpha value is -3.63. The minimum Gasteiger partial charge on any atom is -0.497 e. The zero-order valence-electron chi connectivity index (χ0n) is 18.0. The van der Waals surface area contributed by atoms with E-state index < -0.39 is 0 Å². The average molecular weight is 495 g/mol. The van der Waals surface area contributed by atoms with Gasteiger partial charge in [0.25, 0.3) is 5.91 Å². The van der Waals surface area contributed by atoms with Gasteiger partial charge in [-0.1, -0.05) is 35.5 Å². The molecule has 0 aliphatic carbocycles. The zero-order chi connectivity index (χ0) is 23.5. The summed E-state index contributed by atoms with van der Waals surface area (Å²) in [7, 11) is 1.61. The number of halogens is 1. The number of aromatic nitrogens is 4. The molecule has 11 heteroatoms. The van der Waals surface area contributed by atoms with Gasteiger partial charge in [0.2, 0.25) is 5.16 Å². The predicted octanol–water partition coefficient (Wildman–Crippen LogP) is 4.39. The maximum atomic E-state index is 13.2. The second-order valence-electron chi connectivity index (χ2n) is 7.39. The summed E-state index contributed by atoms with van der Waals surface area (Å²) >= 11 is 7.26. The van der Waals surface area contributed by atoms with Crippen molar-refractivity contribution < 1.29 is 13.9 Å². The predicted molar refractivity (Wildman–Crippen MR) is 127 cm³/mol. The van der Waals surface area contributed by atoms with Gasteiger partial charge in [-0.05, 0) is 64.5 Å². The van der Waals surface area contributed by atoms with Crippen LogP contribution in [-0.2, 0) is 4.79 Å². The molecule has 1 aliphatic rings. The molecule has 5 rings (SSSR count). The molecule has 9 nitrogen and oxygen atoms in total. The number of carbonyl (C=O) groups excluding carboxylic acids is 1. The summed E-state index contributed by atoms with van der Waals surface area (Å²) in [6.45, 7) is 0. The minimum atomic E-state index is -0.327. The van der Waals surface area contributed by atoms with Crippen LogP contribution in [0.4, 0.5) is 0 Å². The number of furan rings is 1. The average Bonchev–Trinajstić information content (AvgIpc) is 3.63. The molecule has 172 valence electrons. The molecule has 0 N–H and O–H groups in total. The first kappa shape index (κ1) is 22.2. The fourth-order valence-corrected chi connectivity index (χ4v) is 4.48. The van der Waals surface area contributed by atoms with Gasteiger partial charge in [0.15, 0.2) is 0 Å². The van der Waals surface area contributed by atoms with E-state index in [1.54, 1.807) is 36.3 Å². The van der Waals surface area contributed by atoms with Crippen molar-refractivity contribution in [1.29, 1.82) is 0 Å². The number of methoxy groups -OCH3 is 1. The van der Waals surface area contributed by atoms with Crippen molar-refractivity contribution in [1.82, 2.24) is 25.2 Å². The van der Waals surface area contributed by atoms with E-state index in [0.717, 1.165) is 22.7 Å². The summed E-state index contributed by atoms with van der Waals surface area (Å²) in [4.78, 5) is 13.2. The number of thioether (sulfide) groups is 1. The largest absolute Gasteiger partial charge is 0.497 e. The normalized spacial score (nSPS) is 15.4. The molecule has 0 fully saturated rings. The van der Waals surface area contributed by atoms with Gasteiger partial charge in [0.1, 0.15) is 17.6 Å². The summed E-state index contributed by atoms with van der Waals surface area (Å²) < 4.78 is 12.4. The number of rotatable bonds is 7. The first-order valence-electron chi connectivity index (χ1n) is 10.4. The Kier molecular flexibility index (Phi) is 6.33. The lowest BCUT2D eigenvalue weighted by Crippen LogP contribution is -2.28. The van der Waals surface area contributed by atoms with E-state index in [1.807, 2.05) is 42.5 Å². The third kappa shape index (κ3) is 4.55. The van der Waals surface area contributed by atoms with Crippen LogP contribution < -0.4 is 4.74 Å². The molecule has 1 aliphatic heterocycles. The zero-order valence-corrected chi connectivity index (χ0v) is 19.6. The highest BCUT2D eigenvalue weighted by Crippen LogP contribution is 2.34. The van der Waals surface area contributed by atoms with Crippen LogP contribution >= 0.6 is 23.4 Å². The Morgan fingerprint density at radius 1 is 1.18 bits per heavy atom. The van der Waals surface area contributed by atoms with Crippen molar-refractivity contribution in [2.24, 2.45) is 5.10 Å². The summed E-state index contributed by atoms with van der Waals surface area (Å²) in [6, 6.07) is 18.1. The lowest BCUT2D eigenvalue weighted by Gasteiger charge is -2.19. The van der Waals surface area contributed by atoms with Crippen LogP contribution in [0.25, 0.3) is 5.69 Å². The van der Waals surface area contributed by atoms with Gasteiger partial charge in [0.05, 0.1) is 30.5 Å². The van der Waals surface area contributed by atoms with Gasteiger partial charge in [-0.2, -0.15) is 9.78 Å². The number of benzene rings is 2. The van der Waals surface area contributed by atoms with E-state index in [9.17, 15) is 4.79 Å². The molecule has 2 aromatic heterocycles. The molecule has 0 radical (unpaired) electrons. The molecule has 3 heterocycles. The van der Waals surface area contributed by atoms with Crippen LogP contribution in [0.2, 0.25) is 5.02 Å². The number of hydrogen-bond acceptors (Lipinski definition) is 8. The smallest absolute Gasteiger partial charge is 0.253 e. The highest BCUT2D eigenvalue weighted by atomic mass is 35.5. The molecule has 0 bridgehead atoms. The Bertz CT molecular complexity index is 1310. The summed E-state index contributed by atoms with van der Waals surface area (Å²) in [6.07, 6.45) is 2.13. The van der Waals surface area contributed by atoms with Gasteiger partial charge < -0.3 is 9.15 Å². The lowest BCUT2D eigenvalue weighted by molar-refractivity contribution is -0.130. The Morgan fingerprint density at radius 3 is 2.68 bits per heavy atom. The molecule has 1 amide bonds. The Labute approximate surface area is 204 Å². The molecule has 0 saturated carbocycles. The van der Waals surface area contributed by atoms with Crippen molar-refractivity contribution in [3.8, 4) is 11.4 Å². The number of carbonyl (C=O) groups is 1. The second-order valence-corrected chi connectivity index (χ2v) is 8.77. The van der Waals surface area contributed by atoms with Gasteiger partial charge >= 0.3 is 0 Å². The monoisotopic (exact) mass is 494 g/mol. The first-order valence-corrected chi connectivity index (χ1v) is 11.7. The molecule has 1 unspecified atom stereocenters. The van der Waals surface area contributed by atoms with Crippen LogP contribution in [0, 0.1) is 0 Å². The van der Waals surface area contributed by atoms with E-state index in [-0.39, 0.29) is 17.7 Å². The molecule has 0 spiro atoms. The van der Waals surface area contributed by atoms with Crippen molar-refractivity contribution in [3.63, 3.8) is 0 Å². The number of tetrazole rings is 1. The van der Waals surface area contributed by atoms with E-state index in [2.05, 4.69) is 20.6 Å². The van der Waals surface area contributed by atoms with E-state index in [0.29, 0.717) is 22.4 Å². The molecule has 4 aromatic rings. The summed E-state index contributed by atoms with van der Waals surface area (Å²) in [5.41, 5.74) is 2.46. The molecular weight excluding hydrogens is 476 g/mol. The highest BCUT2D eigenvalue weighted by Gasteiger charge is 2.35. The van der Waals surface area contributed by atoms with Crippen LogP contribution in [0.5, 0.6) is 5.75 Å². The van der Waals surface area contributed by atoms with Crippen LogP contribution in [0.1, 0.15) is 23.8 Å².